The highest BCUT2D eigenvalue weighted by molar-refractivity contribution is 7.99. The predicted molar refractivity (Wildman–Crippen MR) is 80.8 cm³/mol. The summed E-state index contributed by atoms with van der Waals surface area (Å²) in [5, 5.41) is 7.55. The molecule has 6 heteroatoms. The maximum atomic E-state index is 5.00. The molecule has 2 aromatic rings. The van der Waals surface area contributed by atoms with Crippen LogP contribution in [-0.4, -0.2) is 40.8 Å². The van der Waals surface area contributed by atoms with Crippen molar-refractivity contribution >= 4 is 11.8 Å². The van der Waals surface area contributed by atoms with Crippen molar-refractivity contribution in [2.75, 3.05) is 26.0 Å². The second kappa shape index (κ2) is 8.73. The number of nitrogens with one attached hydrogen (secondary N) is 1. The summed E-state index contributed by atoms with van der Waals surface area (Å²) in [7, 11) is 1.70. The number of ether oxygens (including phenoxy) is 1. The molecule has 0 fully saturated rings. The lowest BCUT2D eigenvalue weighted by Gasteiger charge is -2.07. The lowest BCUT2D eigenvalue weighted by Crippen LogP contribution is -2.21. The molecule has 1 aromatic carbocycles. The van der Waals surface area contributed by atoms with Crippen LogP contribution in [0.15, 0.2) is 41.6 Å². The maximum Gasteiger partial charge on any atom is 0.140 e. The van der Waals surface area contributed by atoms with Crippen LogP contribution in [0.4, 0.5) is 0 Å². The Balaban J connectivity index is 1.74. The van der Waals surface area contributed by atoms with Crippen molar-refractivity contribution in [2.45, 2.75) is 18.0 Å². The molecule has 0 saturated carbocycles. The van der Waals surface area contributed by atoms with Gasteiger partial charge in [-0.15, -0.1) is 11.8 Å². The molecule has 0 aliphatic carbocycles. The minimum Gasteiger partial charge on any atom is -0.383 e. The molecule has 0 radical (unpaired) electrons. The van der Waals surface area contributed by atoms with E-state index in [2.05, 4.69) is 39.7 Å². The summed E-state index contributed by atoms with van der Waals surface area (Å²) in [5.74, 6) is 1.95. The standard InChI is InChI=1S/C14H20N4OS/c1-19-9-7-15-11-14-16-12-17-18(14)8-10-20-13-5-3-2-4-6-13/h2-6,12,15H,7-11H2,1H3. The number of nitrogens with zero attached hydrogens (tertiary/aromatic N) is 3. The molecule has 0 unspecified atom stereocenters. The minimum atomic E-state index is 0.706. The monoisotopic (exact) mass is 292 g/mol. The Morgan fingerprint density at radius 1 is 1.30 bits per heavy atom. The van der Waals surface area contributed by atoms with Crippen LogP contribution in [0.25, 0.3) is 0 Å². The van der Waals surface area contributed by atoms with Crippen molar-refractivity contribution < 1.29 is 4.74 Å². The number of methoxy groups -OCH3 is 1. The summed E-state index contributed by atoms with van der Waals surface area (Å²) in [6, 6.07) is 10.4. The van der Waals surface area contributed by atoms with Crippen LogP contribution in [-0.2, 0) is 17.8 Å². The number of hydrogen-bond donors (Lipinski definition) is 1. The number of benzene rings is 1. The van der Waals surface area contributed by atoms with Gasteiger partial charge in [0.05, 0.1) is 19.7 Å². The van der Waals surface area contributed by atoms with Crippen LogP contribution in [0.3, 0.4) is 0 Å². The molecule has 1 heterocycles. The molecule has 0 saturated heterocycles. The highest BCUT2D eigenvalue weighted by Crippen LogP contribution is 2.17. The van der Waals surface area contributed by atoms with Crippen molar-refractivity contribution in [1.29, 1.82) is 0 Å². The first-order valence-corrected chi connectivity index (χ1v) is 7.63. The van der Waals surface area contributed by atoms with Gasteiger partial charge in [-0.05, 0) is 12.1 Å². The highest BCUT2D eigenvalue weighted by atomic mass is 32.2. The van der Waals surface area contributed by atoms with Gasteiger partial charge in [0.15, 0.2) is 0 Å². The number of thioether (sulfide) groups is 1. The summed E-state index contributed by atoms with van der Waals surface area (Å²) in [6.45, 7) is 3.11. The van der Waals surface area contributed by atoms with Crippen LogP contribution in [0, 0.1) is 0 Å². The molecule has 20 heavy (non-hydrogen) atoms. The number of aryl methyl sites for hydroxylation is 1. The first-order valence-electron chi connectivity index (χ1n) is 6.64. The van der Waals surface area contributed by atoms with Gasteiger partial charge in [0.2, 0.25) is 0 Å². The second-order valence-electron chi connectivity index (χ2n) is 4.23. The van der Waals surface area contributed by atoms with Crippen LogP contribution < -0.4 is 5.32 Å². The van der Waals surface area contributed by atoms with E-state index < -0.39 is 0 Å². The molecular weight excluding hydrogens is 272 g/mol. The van der Waals surface area contributed by atoms with Crippen LogP contribution >= 0.6 is 11.8 Å². The minimum absolute atomic E-state index is 0.706. The van der Waals surface area contributed by atoms with E-state index in [9.17, 15) is 0 Å². The molecule has 0 aliphatic rings. The SMILES string of the molecule is COCCNCc1ncnn1CCSc1ccccc1. The van der Waals surface area contributed by atoms with Gasteiger partial charge in [-0.25, -0.2) is 9.67 Å². The third-order valence-electron chi connectivity index (χ3n) is 2.78. The molecule has 0 atom stereocenters. The van der Waals surface area contributed by atoms with Crippen molar-refractivity contribution in [1.82, 2.24) is 20.1 Å². The fourth-order valence-corrected chi connectivity index (χ4v) is 2.60. The van der Waals surface area contributed by atoms with Crippen molar-refractivity contribution in [2.24, 2.45) is 0 Å². The molecule has 0 bridgehead atoms. The quantitative estimate of drug-likeness (QED) is 0.564. The molecule has 0 aliphatic heterocycles. The fourth-order valence-electron chi connectivity index (χ4n) is 1.75. The molecule has 2 rings (SSSR count). The van der Waals surface area contributed by atoms with Gasteiger partial charge >= 0.3 is 0 Å². The van der Waals surface area contributed by atoms with Gasteiger partial charge in [-0.1, -0.05) is 18.2 Å². The lowest BCUT2D eigenvalue weighted by atomic mass is 10.4. The molecule has 0 spiro atoms. The topological polar surface area (TPSA) is 52.0 Å². The summed E-state index contributed by atoms with van der Waals surface area (Å²) < 4.78 is 6.95. The number of hydrogen-bond acceptors (Lipinski definition) is 5. The van der Waals surface area contributed by atoms with E-state index in [-0.39, 0.29) is 0 Å². The van der Waals surface area contributed by atoms with Crippen LogP contribution in [0.1, 0.15) is 5.82 Å². The van der Waals surface area contributed by atoms with Crippen LogP contribution in [0.2, 0.25) is 0 Å². The van der Waals surface area contributed by atoms with E-state index in [1.807, 2.05) is 22.5 Å². The lowest BCUT2D eigenvalue weighted by molar-refractivity contribution is 0.198. The van der Waals surface area contributed by atoms with E-state index >= 15 is 0 Å². The zero-order valence-corrected chi connectivity index (χ0v) is 12.5. The van der Waals surface area contributed by atoms with E-state index in [1.165, 1.54) is 4.90 Å². The first kappa shape index (κ1) is 15.0. The van der Waals surface area contributed by atoms with E-state index in [4.69, 9.17) is 4.74 Å². The molecule has 1 aromatic heterocycles. The van der Waals surface area contributed by atoms with E-state index in [1.54, 1.807) is 13.4 Å². The zero-order valence-electron chi connectivity index (χ0n) is 11.7. The Morgan fingerprint density at radius 3 is 2.95 bits per heavy atom. The first-order chi connectivity index (χ1) is 9.90. The molecule has 1 N–H and O–H groups in total. The van der Waals surface area contributed by atoms with Gasteiger partial charge in [-0.3, -0.25) is 0 Å². The van der Waals surface area contributed by atoms with Crippen molar-refractivity contribution in [3.05, 3.63) is 42.5 Å². The van der Waals surface area contributed by atoms with E-state index in [0.29, 0.717) is 6.61 Å². The zero-order chi connectivity index (χ0) is 14.0. The Kier molecular flexibility index (Phi) is 6.56. The third-order valence-corrected chi connectivity index (χ3v) is 3.77. The summed E-state index contributed by atoms with van der Waals surface area (Å²) in [6.07, 6.45) is 1.61. The molecule has 108 valence electrons. The Labute approximate surface area is 123 Å². The number of rotatable bonds is 9. The van der Waals surface area contributed by atoms with Gasteiger partial charge in [0.25, 0.3) is 0 Å². The Morgan fingerprint density at radius 2 is 2.15 bits per heavy atom. The van der Waals surface area contributed by atoms with Gasteiger partial charge < -0.3 is 10.1 Å². The third kappa shape index (κ3) is 4.96. The van der Waals surface area contributed by atoms with Crippen molar-refractivity contribution in [3.63, 3.8) is 0 Å². The average molecular weight is 292 g/mol. The second-order valence-corrected chi connectivity index (χ2v) is 5.40. The fraction of sp³-hybridized carbons (Fsp3) is 0.429. The van der Waals surface area contributed by atoms with Gasteiger partial charge in [0, 0.05) is 24.3 Å². The summed E-state index contributed by atoms with van der Waals surface area (Å²) >= 11 is 1.83. The predicted octanol–water partition coefficient (Wildman–Crippen LogP) is 1.81. The Hall–Kier alpha value is -1.37. The smallest absolute Gasteiger partial charge is 0.140 e. The highest BCUT2D eigenvalue weighted by Gasteiger charge is 2.03. The van der Waals surface area contributed by atoms with Gasteiger partial charge in [0.1, 0.15) is 12.2 Å². The number of aromatic nitrogens is 3. The largest absolute Gasteiger partial charge is 0.383 e. The molecular formula is C14H20N4OS. The average Bonchev–Trinajstić information content (AvgIpc) is 2.92. The summed E-state index contributed by atoms with van der Waals surface area (Å²) in [4.78, 5) is 5.56. The van der Waals surface area contributed by atoms with E-state index in [0.717, 1.165) is 31.2 Å². The van der Waals surface area contributed by atoms with Crippen LogP contribution in [0.5, 0.6) is 0 Å². The normalized spacial score (nSPS) is 10.8. The maximum absolute atomic E-state index is 5.00. The molecule has 0 amide bonds. The Bertz CT molecular complexity index is 489. The van der Waals surface area contributed by atoms with Crippen molar-refractivity contribution in [3.8, 4) is 0 Å². The van der Waals surface area contributed by atoms with Gasteiger partial charge in [-0.2, -0.15) is 5.10 Å². The molecule has 5 nitrogen and oxygen atoms in total. The summed E-state index contributed by atoms with van der Waals surface area (Å²) in [5.41, 5.74) is 0.